The second kappa shape index (κ2) is 11.7. The van der Waals surface area contributed by atoms with E-state index in [1.807, 2.05) is 35.9 Å². The van der Waals surface area contributed by atoms with Crippen molar-refractivity contribution >= 4 is 29.9 Å². The molecule has 6 nitrogen and oxygen atoms in total. The van der Waals surface area contributed by atoms with Crippen LogP contribution in [0.1, 0.15) is 28.1 Å². The molecule has 160 valence electrons. The molecule has 1 aromatic heterocycles. The maximum atomic E-state index is 5.29. The molecule has 0 aliphatic heterocycles. The van der Waals surface area contributed by atoms with E-state index in [4.69, 9.17) is 4.74 Å². The SMILES string of the molecule is CN=C(NCc1ccccc1COC)NCc1ccccc1-n1nc(C)cc1C.I. The van der Waals surface area contributed by atoms with Crippen LogP contribution in [0.2, 0.25) is 0 Å². The zero-order chi connectivity index (χ0) is 20.6. The summed E-state index contributed by atoms with van der Waals surface area (Å²) in [6, 6.07) is 18.6. The van der Waals surface area contributed by atoms with E-state index in [-0.39, 0.29) is 24.0 Å². The number of methoxy groups -OCH3 is 1. The Balaban J connectivity index is 0.00000320. The highest BCUT2D eigenvalue weighted by Gasteiger charge is 2.09. The maximum absolute atomic E-state index is 5.29. The van der Waals surface area contributed by atoms with Gasteiger partial charge in [-0.2, -0.15) is 5.10 Å². The fraction of sp³-hybridized carbons (Fsp3) is 0.304. The molecule has 0 aliphatic rings. The topological polar surface area (TPSA) is 63.5 Å². The molecular weight excluding hydrogens is 489 g/mol. The summed E-state index contributed by atoms with van der Waals surface area (Å²) in [6.07, 6.45) is 0. The minimum absolute atomic E-state index is 0. The Bertz CT molecular complexity index is 983. The second-order valence-electron chi connectivity index (χ2n) is 6.95. The third-order valence-corrected chi connectivity index (χ3v) is 4.76. The van der Waals surface area contributed by atoms with E-state index < -0.39 is 0 Å². The summed E-state index contributed by atoms with van der Waals surface area (Å²) < 4.78 is 7.28. The van der Waals surface area contributed by atoms with Gasteiger partial charge in [0.25, 0.3) is 0 Å². The third kappa shape index (κ3) is 6.06. The van der Waals surface area contributed by atoms with Crippen molar-refractivity contribution in [2.45, 2.75) is 33.5 Å². The van der Waals surface area contributed by atoms with Crippen molar-refractivity contribution in [3.8, 4) is 5.69 Å². The van der Waals surface area contributed by atoms with E-state index in [0.29, 0.717) is 19.7 Å². The van der Waals surface area contributed by atoms with E-state index in [1.54, 1.807) is 14.2 Å². The van der Waals surface area contributed by atoms with Crippen LogP contribution in [-0.2, 0) is 24.4 Å². The molecule has 30 heavy (non-hydrogen) atoms. The van der Waals surface area contributed by atoms with E-state index in [0.717, 1.165) is 28.6 Å². The maximum Gasteiger partial charge on any atom is 0.191 e. The summed E-state index contributed by atoms with van der Waals surface area (Å²) in [5, 5.41) is 11.4. The lowest BCUT2D eigenvalue weighted by atomic mass is 10.1. The van der Waals surface area contributed by atoms with Gasteiger partial charge in [0, 0.05) is 32.9 Å². The van der Waals surface area contributed by atoms with Crippen molar-refractivity contribution in [3.63, 3.8) is 0 Å². The van der Waals surface area contributed by atoms with Crippen LogP contribution < -0.4 is 10.6 Å². The first-order valence-corrected chi connectivity index (χ1v) is 9.74. The zero-order valence-corrected chi connectivity index (χ0v) is 20.3. The first-order valence-electron chi connectivity index (χ1n) is 9.74. The smallest absolute Gasteiger partial charge is 0.191 e. The molecule has 0 radical (unpaired) electrons. The molecule has 0 spiro atoms. The molecule has 0 aliphatic carbocycles. The van der Waals surface area contributed by atoms with Gasteiger partial charge in [0.2, 0.25) is 0 Å². The molecule has 0 saturated carbocycles. The van der Waals surface area contributed by atoms with Gasteiger partial charge in [-0.25, -0.2) is 4.68 Å². The molecule has 0 unspecified atom stereocenters. The number of rotatable bonds is 7. The number of nitrogens with one attached hydrogen (secondary N) is 2. The number of aryl methyl sites for hydroxylation is 2. The van der Waals surface area contributed by atoms with Crippen molar-refractivity contribution in [2.75, 3.05) is 14.2 Å². The highest BCUT2D eigenvalue weighted by molar-refractivity contribution is 14.0. The highest BCUT2D eigenvalue weighted by Crippen LogP contribution is 2.17. The summed E-state index contributed by atoms with van der Waals surface area (Å²) in [6.45, 7) is 6.01. The predicted molar refractivity (Wildman–Crippen MR) is 133 cm³/mol. The van der Waals surface area contributed by atoms with E-state index in [1.165, 1.54) is 11.1 Å². The lowest BCUT2D eigenvalue weighted by Crippen LogP contribution is -2.36. The highest BCUT2D eigenvalue weighted by atomic mass is 127. The molecule has 3 aromatic rings. The molecule has 3 rings (SSSR count). The van der Waals surface area contributed by atoms with Crippen LogP contribution >= 0.6 is 24.0 Å². The first-order chi connectivity index (χ1) is 14.1. The molecule has 2 N–H and O–H groups in total. The largest absolute Gasteiger partial charge is 0.380 e. The van der Waals surface area contributed by atoms with Crippen molar-refractivity contribution in [3.05, 3.63) is 82.7 Å². The number of ether oxygens (including phenoxy) is 1. The Hall–Kier alpha value is -2.39. The van der Waals surface area contributed by atoms with Gasteiger partial charge in [0.05, 0.1) is 18.0 Å². The van der Waals surface area contributed by atoms with Gasteiger partial charge in [-0.15, -0.1) is 24.0 Å². The number of para-hydroxylation sites is 1. The molecular formula is C23H30IN5O. The number of hydrogen-bond acceptors (Lipinski definition) is 3. The summed E-state index contributed by atoms with van der Waals surface area (Å²) in [4.78, 5) is 4.36. The molecule has 0 saturated heterocycles. The number of guanidine groups is 1. The number of aromatic nitrogens is 2. The number of halogens is 1. The average molecular weight is 519 g/mol. The molecule has 0 fully saturated rings. The van der Waals surface area contributed by atoms with Crippen molar-refractivity contribution < 1.29 is 4.74 Å². The summed E-state index contributed by atoms with van der Waals surface area (Å²) in [7, 11) is 3.49. The van der Waals surface area contributed by atoms with Crippen LogP contribution in [0.25, 0.3) is 5.69 Å². The lowest BCUT2D eigenvalue weighted by Gasteiger charge is -2.16. The van der Waals surface area contributed by atoms with Crippen LogP contribution in [-0.4, -0.2) is 29.9 Å². The van der Waals surface area contributed by atoms with Gasteiger partial charge in [0.15, 0.2) is 5.96 Å². The molecule has 7 heteroatoms. The molecule has 2 aromatic carbocycles. The van der Waals surface area contributed by atoms with Gasteiger partial charge in [-0.3, -0.25) is 4.99 Å². The fourth-order valence-electron chi connectivity index (χ4n) is 3.34. The van der Waals surface area contributed by atoms with Gasteiger partial charge >= 0.3 is 0 Å². The van der Waals surface area contributed by atoms with Crippen LogP contribution in [0.15, 0.2) is 59.6 Å². The van der Waals surface area contributed by atoms with Crippen LogP contribution in [0.3, 0.4) is 0 Å². The Labute approximate surface area is 195 Å². The van der Waals surface area contributed by atoms with E-state index in [2.05, 4.69) is 58.0 Å². The Morgan fingerprint density at radius 3 is 2.17 bits per heavy atom. The minimum atomic E-state index is 0. The van der Waals surface area contributed by atoms with Gasteiger partial charge in [-0.1, -0.05) is 42.5 Å². The monoisotopic (exact) mass is 519 g/mol. The van der Waals surface area contributed by atoms with Gasteiger partial charge < -0.3 is 15.4 Å². The Kier molecular flexibility index (Phi) is 9.32. The number of aliphatic imine (C=N–C) groups is 1. The van der Waals surface area contributed by atoms with E-state index in [9.17, 15) is 0 Å². The predicted octanol–water partition coefficient (Wildman–Crippen LogP) is 4.12. The van der Waals surface area contributed by atoms with Crippen molar-refractivity contribution in [1.82, 2.24) is 20.4 Å². The Morgan fingerprint density at radius 2 is 1.57 bits per heavy atom. The molecule has 1 heterocycles. The van der Waals surface area contributed by atoms with E-state index >= 15 is 0 Å². The molecule has 0 amide bonds. The van der Waals surface area contributed by atoms with Crippen molar-refractivity contribution in [2.24, 2.45) is 4.99 Å². The van der Waals surface area contributed by atoms with Gasteiger partial charge in [-0.05, 0) is 42.7 Å². The second-order valence-corrected chi connectivity index (χ2v) is 6.95. The van der Waals surface area contributed by atoms with Crippen molar-refractivity contribution in [1.29, 1.82) is 0 Å². The first kappa shape index (κ1) is 23.9. The fourth-order valence-corrected chi connectivity index (χ4v) is 3.34. The number of nitrogens with zero attached hydrogens (tertiary/aromatic N) is 3. The summed E-state index contributed by atoms with van der Waals surface area (Å²) in [5.74, 6) is 0.750. The minimum Gasteiger partial charge on any atom is -0.380 e. The Morgan fingerprint density at radius 1 is 0.967 bits per heavy atom. The summed E-state index contributed by atoms with van der Waals surface area (Å²) in [5.41, 5.74) is 6.73. The molecule has 0 bridgehead atoms. The zero-order valence-electron chi connectivity index (χ0n) is 18.0. The van der Waals surface area contributed by atoms with Crippen LogP contribution in [0.5, 0.6) is 0 Å². The van der Waals surface area contributed by atoms with Gasteiger partial charge in [0.1, 0.15) is 0 Å². The third-order valence-electron chi connectivity index (χ3n) is 4.76. The number of hydrogen-bond donors (Lipinski definition) is 2. The standard InChI is InChI=1S/C23H29N5O.HI/c1-17-13-18(2)28(27-17)22-12-8-7-10-20(22)15-26-23(24-3)25-14-19-9-5-6-11-21(19)16-29-4;/h5-13H,14-16H2,1-4H3,(H2,24,25,26);1H. The normalized spacial score (nSPS) is 11.1. The number of benzene rings is 2. The van der Waals surface area contributed by atoms with Crippen LogP contribution in [0.4, 0.5) is 0 Å². The van der Waals surface area contributed by atoms with Crippen LogP contribution in [0, 0.1) is 13.8 Å². The summed E-state index contributed by atoms with van der Waals surface area (Å²) >= 11 is 0. The lowest BCUT2D eigenvalue weighted by molar-refractivity contribution is 0.184. The average Bonchev–Trinajstić information content (AvgIpc) is 3.07. The quantitative estimate of drug-likeness (QED) is 0.280. The molecule has 0 atom stereocenters.